The molecule has 1 aliphatic rings. The molecule has 0 aromatic rings. The Hall–Kier alpha value is 0.724. The van der Waals surface area contributed by atoms with Crippen LogP contribution in [0, 0.1) is 0 Å². The van der Waals surface area contributed by atoms with Crippen LogP contribution in [0.15, 0.2) is 12.2 Å². The van der Waals surface area contributed by atoms with Crippen LogP contribution in [0.1, 0.15) is 12.8 Å². The second-order valence-electron chi connectivity index (χ2n) is 4.60. The molecule has 0 amide bonds. The van der Waals surface area contributed by atoms with Crippen LogP contribution in [0.5, 0.6) is 0 Å². The van der Waals surface area contributed by atoms with Crippen molar-refractivity contribution in [1.29, 1.82) is 0 Å². The van der Waals surface area contributed by atoms with E-state index in [9.17, 15) is 0 Å². The van der Waals surface area contributed by atoms with Crippen LogP contribution in [0.3, 0.4) is 0 Å². The van der Waals surface area contributed by atoms with Crippen molar-refractivity contribution < 1.29 is 32.7 Å². The van der Waals surface area contributed by atoms with Crippen molar-refractivity contribution in [2.24, 2.45) is 0 Å². The molecule has 16 heavy (non-hydrogen) atoms. The molecule has 0 N–H and O–H groups in total. The normalized spacial score (nSPS) is 23.0. The Morgan fingerprint density at radius 3 is 2.44 bits per heavy atom. The van der Waals surface area contributed by atoms with Gasteiger partial charge < -0.3 is 15.1 Å². The summed E-state index contributed by atoms with van der Waals surface area (Å²) in [5.74, 6) is 0. The van der Waals surface area contributed by atoms with E-state index in [1.165, 1.54) is 31.5 Å². The van der Waals surface area contributed by atoms with Gasteiger partial charge in [-0.2, -0.15) is 0 Å². The van der Waals surface area contributed by atoms with Gasteiger partial charge in [-0.25, -0.2) is 0 Å². The molecular weight excluding hydrogens is 275 g/mol. The minimum atomic E-state index is 0. The molecule has 1 saturated heterocycles. The summed E-state index contributed by atoms with van der Waals surface area (Å²) in [5, 5.41) is 4.50. The molecule has 1 aliphatic heterocycles. The largest absolute Gasteiger partial charge is 0.659 e. The molecule has 0 unspecified atom stereocenters. The molecular formula is C12H24N3Y-. The SMILES string of the molecule is C=C1C[N-]CCCN(C)CCCN(C)C1.[Y]. The Labute approximate surface area is 126 Å². The predicted molar refractivity (Wildman–Crippen MR) is 66.5 cm³/mol. The zero-order chi connectivity index (χ0) is 11.1. The summed E-state index contributed by atoms with van der Waals surface area (Å²) >= 11 is 0. The summed E-state index contributed by atoms with van der Waals surface area (Å²) in [6, 6.07) is 0. The van der Waals surface area contributed by atoms with E-state index in [0.29, 0.717) is 0 Å². The van der Waals surface area contributed by atoms with Gasteiger partial charge in [-0.05, 0) is 40.2 Å². The first-order chi connectivity index (χ1) is 7.18. The van der Waals surface area contributed by atoms with Crippen LogP contribution in [0.2, 0.25) is 0 Å². The summed E-state index contributed by atoms with van der Waals surface area (Å²) < 4.78 is 0. The van der Waals surface area contributed by atoms with E-state index in [1.54, 1.807) is 0 Å². The molecule has 0 bridgehead atoms. The third-order valence-corrected chi connectivity index (χ3v) is 2.76. The molecule has 1 fully saturated rings. The van der Waals surface area contributed by atoms with Gasteiger partial charge in [0.2, 0.25) is 0 Å². The maximum Gasteiger partial charge on any atom is 0.0170 e. The molecule has 1 rings (SSSR count). The molecule has 0 aromatic carbocycles. The maximum absolute atomic E-state index is 4.50. The first kappa shape index (κ1) is 16.7. The third-order valence-electron chi connectivity index (χ3n) is 2.76. The topological polar surface area (TPSA) is 20.6 Å². The second-order valence-corrected chi connectivity index (χ2v) is 4.60. The Morgan fingerprint density at radius 2 is 1.69 bits per heavy atom. The minimum absolute atomic E-state index is 0. The van der Waals surface area contributed by atoms with E-state index in [0.717, 1.165) is 26.2 Å². The van der Waals surface area contributed by atoms with Gasteiger partial charge in [0, 0.05) is 39.3 Å². The van der Waals surface area contributed by atoms with Crippen molar-refractivity contribution in [2.45, 2.75) is 12.8 Å². The zero-order valence-electron chi connectivity index (χ0n) is 10.8. The number of nitrogens with zero attached hydrogens (tertiary/aromatic N) is 3. The van der Waals surface area contributed by atoms with Crippen LogP contribution < -0.4 is 0 Å². The molecule has 0 aromatic heterocycles. The van der Waals surface area contributed by atoms with E-state index in [1.807, 2.05) is 0 Å². The zero-order valence-corrected chi connectivity index (χ0v) is 13.6. The standard InChI is InChI=1S/C12H24N3.Y/c1-12-10-13-6-4-7-14(2)8-5-9-15(3)11-12;/h1,4-11H2,2-3H3;/q-1;. The van der Waals surface area contributed by atoms with E-state index < -0.39 is 0 Å². The summed E-state index contributed by atoms with van der Waals surface area (Å²) in [7, 11) is 4.36. The number of rotatable bonds is 0. The Balaban J connectivity index is 0.00000225. The quantitative estimate of drug-likeness (QED) is 0.633. The summed E-state index contributed by atoms with van der Waals surface area (Å²) in [4.78, 5) is 4.74. The summed E-state index contributed by atoms with van der Waals surface area (Å²) in [6.45, 7) is 10.4. The first-order valence-electron chi connectivity index (χ1n) is 5.85. The molecule has 0 saturated carbocycles. The molecule has 91 valence electrons. The van der Waals surface area contributed by atoms with E-state index in [4.69, 9.17) is 0 Å². The summed E-state index contributed by atoms with van der Waals surface area (Å²) in [5.41, 5.74) is 1.24. The minimum Gasteiger partial charge on any atom is -0.659 e. The van der Waals surface area contributed by atoms with E-state index >= 15 is 0 Å². The van der Waals surface area contributed by atoms with Gasteiger partial charge in [0.1, 0.15) is 0 Å². The van der Waals surface area contributed by atoms with E-state index in [-0.39, 0.29) is 32.7 Å². The fraction of sp³-hybridized carbons (Fsp3) is 0.833. The Morgan fingerprint density at radius 1 is 1.06 bits per heavy atom. The van der Waals surface area contributed by atoms with Gasteiger partial charge in [-0.3, -0.25) is 0 Å². The molecule has 0 atom stereocenters. The van der Waals surface area contributed by atoms with Crippen molar-refractivity contribution in [1.82, 2.24) is 9.80 Å². The number of hydrogen-bond donors (Lipinski definition) is 0. The molecule has 1 radical (unpaired) electrons. The van der Waals surface area contributed by atoms with Crippen LogP contribution in [-0.4, -0.2) is 63.2 Å². The van der Waals surface area contributed by atoms with Crippen LogP contribution in [-0.2, 0) is 32.7 Å². The fourth-order valence-corrected chi connectivity index (χ4v) is 1.92. The van der Waals surface area contributed by atoms with Gasteiger partial charge in [-0.1, -0.05) is 12.0 Å². The van der Waals surface area contributed by atoms with Gasteiger partial charge in [0.15, 0.2) is 0 Å². The molecule has 3 nitrogen and oxygen atoms in total. The predicted octanol–water partition coefficient (Wildman–Crippen LogP) is 1.57. The van der Waals surface area contributed by atoms with Crippen molar-refractivity contribution in [2.75, 3.05) is 53.4 Å². The van der Waals surface area contributed by atoms with Gasteiger partial charge in [0.25, 0.3) is 0 Å². The smallest absolute Gasteiger partial charge is 0.0170 e. The monoisotopic (exact) mass is 299 g/mol. The van der Waals surface area contributed by atoms with Crippen molar-refractivity contribution in [3.8, 4) is 0 Å². The fourth-order valence-electron chi connectivity index (χ4n) is 1.92. The Bertz CT molecular complexity index is 197. The van der Waals surface area contributed by atoms with Gasteiger partial charge in [-0.15, -0.1) is 19.7 Å². The maximum atomic E-state index is 4.50. The molecule has 1 heterocycles. The van der Waals surface area contributed by atoms with Crippen molar-refractivity contribution >= 4 is 0 Å². The second kappa shape index (κ2) is 9.72. The van der Waals surface area contributed by atoms with Crippen LogP contribution >= 0.6 is 0 Å². The van der Waals surface area contributed by atoms with E-state index in [2.05, 4.69) is 35.8 Å². The molecule has 0 aliphatic carbocycles. The Kier molecular flexibility index (Phi) is 10.2. The van der Waals surface area contributed by atoms with Crippen molar-refractivity contribution in [3.05, 3.63) is 17.5 Å². The van der Waals surface area contributed by atoms with Crippen LogP contribution in [0.4, 0.5) is 0 Å². The van der Waals surface area contributed by atoms with Crippen molar-refractivity contribution in [3.63, 3.8) is 0 Å². The third kappa shape index (κ3) is 7.91. The number of likely N-dealkylation sites (N-methyl/N-ethyl adjacent to an activating group) is 1. The first-order valence-corrected chi connectivity index (χ1v) is 5.85. The van der Waals surface area contributed by atoms with Gasteiger partial charge in [0.05, 0.1) is 0 Å². The number of hydrogen-bond acceptors (Lipinski definition) is 2. The average Bonchev–Trinajstić information content (AvgIpc) is 2.15. The molecule has 4 heteroatoms. The molecule has 0 spiro atoms. The van der Waals surface area contributed by atoms with Gasteiger partial charge >= 0.3 is 0 Å². The average molecular weight is 299 g/mol. The summed E-state index contributed by atoms with van der Waals surface area (Å²) in [6.07, 6.45) is 2.43. The van der Waals surface area contributed by atoms with Crippen LogP contribution in [0.25, 0.3) is 5.32 Å².